The molecule has 2 N–H and O–H groups in total. The van der Waals surface area contributed by atoms with Gasteiger partial charge in [0.2, 0.25) is 0 Å². The van der Waals surface area contributed by atoms with Crippen LogP contribution < -0.4 is 15.5 Å². The Kier molecular flexibility index (Phi) is 4.39. The smallest absolute Gasteiger partial charge is 0.124 e. The first-order chi connectivity index (χ1) is 10.8. The van der Waals surface area contributed by atoms with Gasteiger partial charge >= 0.3 is 0 Å². The molecule has 0 amide bonds. The second-order valence-corrected chi connectivity index (χ2v) is 5.35. The maximum absolute atomic E-state index is 5.71. The van der Waals surface area contributed by atoms with Crippen LogP contribution in [0.2, 0.25) is 0 Å². The molecule has 1 aliphatic heterocycles. The number of benzene rings is 2. The van der Waals surface area contributed by atoms with Gasteiger partial charge in [-0.1, -0.05) is 36.4 Å². The fourth-order valence-corrected chi connectivity index (χ4v) is 2.89. The summed E-state index contributed by atoms with van der Waals surface area (Å²) in [6.45, 7) is 0.625. The van der Waals surface area contributed by atoms with Gasteiger partial charge in [-0.2, -0.15) is 5.10 Å². The molecule has 22 heavy (non-hydrogen) atoms. The largest absolute Gasteiger partial charge is 0.496 e. The summed E-state index contributed by atoms with van der Waals surface area (Å²) in [6, 6.07) is 18.5. The molecule has 0 saturated heterocycles. The monoisotopic (exact) mass is 295 g/mol. The van der Waals surface area contributed by atoms with E-state index >= 15 is 0 Å². The molecule has 2 aromatic rings. The molecule has 4 nitrogen and oxygen atoms in total. The minimum Gasteiger partial charge on any atom is -0.496 e. The molecule has 3 rings (SSSR count). The predicted octanol–water partition coefficient (Wildman–Crippen LogP) is 3.35. The number of nitrogens with zero attached hydrogens (tertiary/aromatic N) is 2. The lowest BCUT2D eigenvalue weighted by Crippen LogP contribution is -2.19. The van der Waals surface area contributed by atoms with Crippen molar-refractivity contribution in [1.29, 1.82) is 0 Å². The van der Waals surface area contributed by atoms with Crippen molar-refractivity contribution in [2.45, 2.75) is 18.9 Å². The summed E-state index contributed by atoms with van der Waals surface area (Å²) in [7, 11) is 1.71. The zero-order valence-electron chi connectivity index (χ0n) is 12.8. The van der Waals surface area contributed by atoms with E-state index in [-0.39, 0.29) is 6.04 Å². The first-order valence-electron chi connectivity index (χ1n) is 7.57. The molecule has 0 saturated carbocycles. The van der Waals surface area contributed by atoms with Gasteiger partial charge in [-0.3, -0.25) is 5.01 Å². The number of anilines is 1. The summed E-state index contributed by atoms with van der Waals surface area (Å²) in [5.74, 6) is 0.901. The number of methoxy groups -OCH3 is 1. The summed E-state index contributed by atoms with van der Waals surface area (Å²) < 4.78 is 5.53. The van der Waals surface area contributed by atoms with Crippen molar-refractivity contribution < 1.29 is 4.74 Å². The summed E-state index contributed by atoms with van der Waals surface area (Å²) >= 11 is 0. The number of hydrazone groups is 1. The van der Waals surface area contributed by atoms with E-state index in [1.54, 1.807) is 7.11 Å². The molecule has 0 spiro atoms. The van der Waals surface area contributed by atoms with Crippen LogP contribution in [-0.2, 0) is 0 Å². The Hall–Kier alpha value is -2.33. The van der Waals surface area contributed by atoms with Crippen LogP contribution in [0.3, 0.4) is 0 Å². The van der Waals surface area contributed by atoms with Gasteiger partial charge in [0.15, 0.2) is 0 Å². The van der Waals surface area contributed by atoms with Crippen molar-refractivity contribution in [2.24, 2.45) is 10.8 Å². The molecular weight excluding hydrogens is 274 g/mol. The highest BCUT2D eigenvalue weighted by molar-refractivity contribution is 5.89. The van der Waals surface area contributed by atoms with Crippen LogP contribution in [0.15, 0.2) is 59.7 Å². The minimum absolute atomic E-state index is 0.153. The lowest BCUT2D eigenvalue weighted by atomic mass is 9.99. The molecule has 1 heterocycles. The van der Waals surface area contributed by atoms with E-state index in [4.69, 9.17) is 15.6 Å². The quantitative estimate of drug-likeness (QED) is 0.920. The van der Waals surface area contributed by atoms with Gasteiger partial charge < -0.3 is 10.5 Å². The highest BCUT2D eigenvalue weighted by Gasteiger charge is 2.30. The Morgan fingerprint density at radius 2 is 1.86 bits per heavy atom. The first-order valence-corrected chi connectivity index (χ1v) is 7.57. The third kappa shape index (κ3) is 2.83. The number of nitrogens with two attached hydrogens (primary N) is 1. The van der Waals surface area contributed by atoms with Crippen molar-refractivity contribution >= 4 is 11.4 Å². The Labute approximate surface area is 131 Å². The fraction of sp³-hybridized carbons (Fsp3) is 0.278. The topological polar surface area (TPSA) is 50.9 Å². The lowest BCUT2D eigenvalue weighted by molar-refractivity contribution is 0.405. The lowest BCUT2D eigenvalue weighted by Gasteiger charge is -2.25. The van der Waals surface area contributed by atoms with Gasteiger partial charge in [0.25, 0.3) is 0 Å². The highest BCUT2D eigenvalue weighted by atomic mass is 16.5. The second-order valence-electron chi connectivity index (χ2n) is 5.35. The van der Waals surface area contributed by atoms with Crippen molar-refractivity contribution in [3.63, 3.8) is 0 Å². The van der Waals surface area contributed by atoms with Gasteiger partial charge in [-0.25, -0.2) is 0 Å². The van der Waals surface area contributed by atoms with Crippen LogP contribution in [0.25, 0.3) is 0 Å². The zero-order chi connectivity index (χ0) is 15.4. The number of ether oxygens (including phenoxy) is 1. The molecule has 0 bridgehead atoms. The third-order valence-electron chi connectivity index (χ3n) is 3.92. The van der Waals surface area contributed by atoms with Crippen LogP contribution in [0, 0.1) is 0 Å². The number of para-hydroxylation sites is 2. The molecule has 0 fully saturated rings. The summed E-state index contributed by atoms with van der Waals surface area (Å²) in [5.41, 5.74) is 9.10. The van der Waals surface area contributed by atoms with E-state index in [2.05, 4.69) is 23.2 Å². The average molecular weight is 295 g/mol. The normalized spacial score (nSPS) is 17.5. The molecule has 0 aliphatic carbocycles. The summed E-state index contributed by atoms with van der Waals surface area (Å²) in [5, 5.41) is 6.88. The van der Waals surface area contributed by atoms with E-state index in [0.29, 0.717) is 6.54 Å². The highest BCUT2D eigenvalue weighted by Crippen LogP contribution is 2.39. The van der Waals surface area contributed by atoms with Crippen LogP contribution in [0.5, 0.6) is 5.75 Å². The first kappa shape index (κ1) is 14.6. The zero-order valence-corrected chi connectivity index (χ0v) is 12.8. The van der Waals surface area contributed by atoms with Gasteiger partial charge in [-0.05, 0) is 31.2 Å². The van der Waals surface area contributed by atoms with Crippen LogP contribution >= 0.6 is 0 Å². The third-order valence-corrected chi connectivity index (χ3v) is 3.92. The van der Waals surface area contributed by atoms with Gasteiger partial charge in [0.1, 0.15) is 5.75 Å². The van der Waals surface area contributed by atoms with Crippen molar-refractivity contribution in [1.82, 2.24) is 0 Å². The van der Waals surface area contributed by atoms with E-state index in [1.165, 1.54) is 0 Å². The van der Waals surface area contributed by atoms with Gasteiger partial charge in [0.05, 0.1) is 18.8 Å². The van der Waals surface area contributed by atoms with E-state index in [1.807, 2.05) is 36.4 Å². The SMILES string of the molecule is COc1ccccc1C1CC(CCN)=NN1c1ccccc1. The maximum Gasteiger partial charge on any atom is 0.124 e. The molecule has 1 atom stereocenters. The van der Waals surface area contributed by atoms with Crippen molar-refractivity contribution in [3.8, 4) is 5.75 Å². The molecule has 0 radical (unpaired) electrons. The summed E-state index contributed by atoms with van der Waals surface area (Å²) in [6.07, 6.45) is 1.71. The predicted molar refractivity (Wildman–Crippen MR) is 90.4 cm³/mol. The van der Waals surface area contributed by atoms with E-state index in [0.717, 1.165) is 35.6 Å². The Morgan fingerprint density at radius 3 is 2.59 bits per heavy atom. The molecular formula is C18H21N3O. The van der Waals surface area contributed by atoms with E-state index < -0.39 is 0 Å². The Balaban J connectivity index is 1.99. The minimum atomic E-state index is 0.153. The molecule has 2 aromatic carbocycles. The Bertz CT molecular complexity index is 654. The fourth-order valence-electron chi connectivity index (χ4n) is 2.89. The van der Waals surface area contributed by atoms with Crippen LogP contribution in [0.4, 0.5) is 5.69 Å². The maximum atomic E-state index is 5.71. The number of hydrogen-bond acceptors (Lipinski definition) is 4. The summed E-state index contributed by atoms with van der Waals surface area (Å²) in [4.78, 5) is 0. The van der Waals surface area contributed by atoms with Crippen molar-refractivity contribution in [2.75, 3.05) is 18.7 Å². The number of hydrogen-bond donors (Lipinski definition) is 1. The standard InChI is InChI=1S/C18H21N3O/c1-22-18-10-6-5-9-16(18)17-13-14(11-12-19)20-21(17)15-7-3-2-4-8-15/h2-10,17H,11-13,19H2,1H3. The van der Waals surface area contributed by atoms with E-state index in [9.17, 15) is 0 Å². The molecule has 114 valence electrons. The number of rotatable bonds is 5. The Morgan fingerprint density at radius 1 is 1.14 bits per heavy atom. The van der Waals surface area contributed by atoms with Crippen LogP contribution in [-0.4, -0.2) is 19.4 Å². The molecule has 1 unspecified atom stereocenters. The van der Waals surface area contributed by atoms with Gasteiger partial charge in [0, 0.05) is 17.7 Å². The molecule has 1 aliphatic rings. The van der Waals surface area contributed by atoms with Crippen molar-refractivity contribution in [3.05, 3.63) is 60.2 Å². The average Bonchev–Trinajstić information content (AvgIpc) is 3.00. The van der Waals surface area contributed by atoms with Gasteiger partial charge in [-0.15, -0.1) is 0 Å². The van der Waals surface area contributed by atoms with Crippen LogP contribution in [0.1, 0.15) is 24.4 Å². The second kappa shape index (κ2) is 6.62. The molecule has 4 heteroatoms. The molecule has 0 aromatic heterocycles.